The second-order valence-electron chi connectivity index (χ2n) is 4.11. The van der Waals surface area contributed by atoms with Gasteiger partial charge in [0.1, 0.15) is 0 Å². The molecule has 0 heterocycles. The molecule has 0 aromatic heterocycles. The molecule has 3 heteroatoms. The molecule has 1 saturated carbocycles. The Hall–Kier alpha value is -0.120. The summed E-state index contributed by atoms with van der Waals surface area (Å²) in [6.45, 7) is 0.706. The van der Waals surface area contributed by atoms with Crippen LogP contribution in [0.1, 0.15) is 32.1 Å². The molecule has 0 spiro atoms. The van der Waals surface area contributed by atoms with Crippen molar-refractivity contribution in [2.24, 2.45) is 11.7 Å². The molecule has 2 atom stereocenters. The van der Waals surface area contributed by atoms with E-state index in [0.717, 1.165) is 12.8 Å². The zero-order valence-electron chi connectivity index (χ0n) is 8.50. The second kappa shape index (κ2) is 5.58. The summed E-state index contributed by atoms with van der Waals surface area (Å²) in [6, 6.07) is -0.104. The lowest BCUT2D eigenvalue weighted by molar-refractivity contribution is 0.0624. The van der Waals surface area contributed by atoms with E-state index in [-0.39, 0.29) is 12.1 Å². The molecule has 1 aliphatic rings. The van der Waals surface area contributed by atoms with Gasteiger partial charge in [0.2, 0.25) is 0 Å². The molecular formula is C10H22N2O. The SMILES string of the molecule is CNCC(N)C(O)C1CCCCC1. The molecule has 1 aliphatic carbocycles. The number of nitrogens with one attached hydrogen (secondary N) is 1. The lowest BCUT2D eigenvalue weighted by atomic mass is 9.83. The fourth-order valence-electron chi connectivity index (χ4n) is 2.18. The second-order valence-corrected chi connectivity index (χ2v) is 4.11. The quantitative estimate of drug-likeness (QED) is 0.598. The van der Waals surface area contributed by atoms with Gasteiger partial charge >= 0.3 is 0 Å². The third-order valence-corrected chi connectivity index (χ3v) is 3.01. The lowest BCUT2D eigenvalue weighted by Gasteiger charge is -2.30. The first kappa shape index (κ1) is 11.0. The number of hydrogen-bond donors (Lipinski definition) is 3. The van der Waals surface area contributed by atoms with Gasteiger partial charge in [0.25, 0.3) is 0 Å². The Labute approximate surface area is 80.7 Å². The van der Waals surface area contributed by atoms with Crippen LogP contribution in [0.15, 0.2) is 0 Å². The van der Waals surface area contributed by atoms with Crippen LogP contribution >= 0.6 is 0 Å². The molecule has 0 saturated heterocycles. The summed E-state index contributed by atoms with van der Waals surface area (Å²) in [5.74, 6) is 0.442. The van der Waals surface area contributed by atoms with E-state index in [9.17, 15) is 5.11 Å². The van der Waals surface area contributed by atoms with E-state index in [1.165, 1.54) is 19.3 Å². The van der Waals surface area contributed by atoms with Crippen molar-refractivity contribution in [1.82, 2.24) is 5.32 Å². The van der Waals surface area contributed by atoms with Gasteiger partial charge in [0, 0.05) is 12.6 Å². The molecule has 0 radical (unpaired) electrons. The van der Waals surface area contributed by atoms with E-state index < -0.39 is 0 Å². The minimum Gasteiger partial charge on any atom is -0.391 e. The molecular weight excluding hydrogens is 164 g/mol. The first-order valence-electron chi connectivity index (χ1n) is 5.34. The molecule has 0 aromatic carbocycles. The first-order valence-corrected chi connectivity index (χ1v) is 5.34. The van der Waals surface area contributed by atoms with E-state index in [1.54, 1.807) is 0 Å². The van der Waals surface area contributed by atoms with Gasteiger partial charge < -0.3 is 16.2 Å². The Morgan fingerprint density at radius 1 is 1.38 bits per heavy atom. The van der Waals surface area contributed by atoms with Crippen LogP contribution in [0.3, 0.4) is 0 Å². The van der Waals surface area contributed by atoms with Crippen LogP contribution in [-0.4, -0.2) is 30.8 Å². The van der Waals surface area contributed by atoms with Gasteiger partial charge in [0.15, 0.2) is 0 Å². The Kier molecular flexibility index (Phi) is 4.70. The van der Waals surface area contributed by atoms with Crippen molar-refractivity contribution < 1.29 is 5.11 Å². The summed E-state index contributed by atoms with van der Waals surface area (Å²) in [5.41, 5.74) is 5.85. The molecule has 0 bridgehead atoms. The maximum absolute atomic E-state index is 9.91. The van der Waals surface area contributed by atoms with Gasteiger partial charge in [-0.15, -0.1) is 0 Å². The minimum atomic E-state index is -0.312. The van der Waals surface area contributed by atoms with Crippen LogP contribution in [0.5, 0.6) is 0 Å². The molecule has 0 aliphatic heterocycles. The van der Waals surface area contributed by atoms with E-state index in [4.69, 9.17) is 5.73 Å². The van der Waals surface area contributed by atoms with Crippen molar-refractivity contribution in [3.8, 4) is 0 Å². The van der Waals surface area contributed by atoms with Crippen LogP contribution in [0, 0.1) is 5.92 Å². The molecule has 4 N–H and O–H groups in total. The number of hydrogen-bond acceptors (Lipinski definition) is 3. The average Bonchev–Trinajstić information content (AvgIpc) is 2.18. The largest absolute Gasteiger partial charge is 0.391 e. The summed E-state index contributed by atoms with van der Waals surface area (Å²) in [6.07, 6.45) is 5.83. The maximum Gasteiger partial charge on any atom is 0.0731 e. The maximum atomic E-state index is 9.91. The Morgan fingerprint density at radius 3 is 2.54 bits per heavy atom. The fourth-order valence-corrected chi connectivity index (χ4v) is 2.18. The zero-order valence-corrected chi connectivity index (χ0v) is 8.50. The monoisotopic (exact) mass is 186 g/mol. The Bertz CT molecular complexity index is 135. The van der Waals surface area contributed by atoms with Crippen LogP contribution in [0.25, 0.3) is 0 Å². The topological polar surface area (TPSA) is 58.3 Å². The van der Waals surface area contributed by atoms with Crippen LogP contribution in [0.2, 0.25) is 0 Å². The van der Waals surface area contributed by atoms with E-state index in [2.05, 4.69) is 5.32 Å². The molecule has 78 valence electrons. The molecule has 0 amide bonds. The molecule has 0 aromatic rings. The van der Waals surface area contributed by atoms with Gasteiger partial charge in [-0.2, -0.15) is 0 Å². The summed E-state index contributed by atoms with van der Waals surface area (Å²) < 4.78 is 0. The number of rotatable bonds is 4. The van der Waals surface area contributed by atoms with Crippen LogP contribution in [-0.2, 0) is 0 Å². The van der Waals surface area contributed by atoms with Gasteiger partial charge in [-0.1, -0.05) is 19.3 Å². The third kappa shape index (κ3) is 3.25. The smallest absolute Gasteiger partial charge is 0.0731 e. The van der Waals surface area contributed by atoms with Crippen LogP contribution in [0.4, 0.5) is 0 Å². The highest BCUT2D eigenvalue weighted by molar-refractivity contribution is 4.82. The normalized spacial score (nSPS) is 24.2. The molecule has 3 nitrogen and oxygen atoms in total. The predicted molar refractivity (Wildman–Crippen MR) is 54.5 cm³/mol. The first-order chi connectivity index (χ1) is 6.25. The van der Waals surface area contributed by atoms with E-state index in [1.807, 2.05) is 7.05 Å². The highest BCUT2D eigenvalue weighted by atomic mass is 16.3. The molecule has 2 unspecified atom stereocenters. The average molecular weight is 186 g/mol. The summed E-state index contributed by atoms with van der Waals surface area (Å²) >= 11 is 0. The van der Waals surface area contributed by atoms with Gasteiger partial charge in [-0.3, -0.25) is 0 Å². The van der Waals surface area contributed by atoms with Crippen molar-refractivity contribution in [3.63, 3.8) is 0 Å². The predicted octanol–water partition coefficient (Wildman–Crippen LogP) is 0.474. The molecule has 13 heavy (non-hydrogen) atoms. The number of likely N-dealkylation sites (N-methyl/N-ethyl adjacent to an activating group) is 1. The fraction of sp³-hybridized carbons (Fsp3) is 1.00. The third-order valence-electron chi connectivity index (χ3n) is 3.01. The summed E-state index contributed by atoms with van der Waals surface area (Å²) in [4.78, 5) is 0. The van der Waals surface area contributed by atoms with E-state index in [0.29, 0.717) is 12.5 Å². The summed E-state index contributed by atoms with van der Waals surface area (Å²) in [7, 11) is 1.87. The lowest BCUT2D eigenvalue weighted by Crippen LogP contribution is -2.46. The highest BCUT2D eigenvalue weighted by Gasteiger charge is 2.25. The highest BCUT2D eigenvalue weighted by Crippen LogP contribution is 2.27. The van der Waals surface area contributed by atoms with Crippen molar-refractivity contribution >= 4 is 0 Å². The van der Waals surface area contributed by atoms with Gasteiger partial charge in [-0.25, -0.2) is 0 Å². The van der Waals surface area contributed by atoms with Crippen molar-refractivity contribution in [2.75, 3.05) is 13.6 Å². The molecule has 1 rings (SSSR count). The standard InChI is InChI=1S/C10H22N2O/c1-12-7-9(11)10(13)8-5-3-2-4-6-8/h8-10,12-13H,2-7,11H2,1H3. The van der Waals surface area contributed by atoms with E-state index >= 15 is 0 Å². The van der Waals surface area contributed by atoms with Gasteiger partial charge in [0.05, 0.1) is 6.10 Å². The van der Waals surface area contributed by atoms with Crippen molar-refractivity contribution in [2.45, 2.75) is 44.2 Å². The van der Waals surface area contributed by atoms with Crippen molar-refractivity contribution in [3.05, 3.63) is 0 Å². The van der Waals surface area contributed by atoms with Gasteiger partial charge in [-0.05, 0) is 25.8 Å². The Balaban J connectivity index is 2.31. The molecule has 1 fully saturated rings. The number of aliphatic hydroxyl groups is 1. The summed E-state index contributed by atoms with van der Waals surface area (Å²) in [5, 5.41) is 12.9. The zero-order chi connectivity index (χ0) is 9.68. The number of aliphatic hydroxyl groups excluding tert-OH is 1. The van der Waals surface area contributed by atoms with Crippen LogP contribution < -0.4 is 11.1 Å². The van der Waals surface area contributed by atoms with Crippen molar-refractivity contribution in [1.29, 1.82) is 0 Å². The minimum absolute atomic E-state index is 0.104. The Morgan fingerprint density at radius 2 is 2.00 bits per heavy atom. The number of nitrogens with two attached hydrogens (primary N) is 1.